The lowest BCUT2D eigenvalue weighted by molar-refractivity contribution is 0.0651. The average Bonchev–Trinajstić information content (AvgIpc) is 2.39. The Balaban J connectivity index is 2.00. The van der Waals surface area contributed by atoms with Crippen molar-refractivity contribution in [3.05, 3.63) is 30.1 Å². The Kier molecular flexibility index (Phi) is 3.94. The van der Waals surface area contributed by atoms with E-state index in [1.165, 1.54) is 37.7 Å². The highest BCUT2D eigenvalue weighted by molar-refractivity contribution is 5.16. The Bertz CT molecular complexity index is 306. The van der Waals surface area contributed by atoms with Crippen LogP contribution in [0.25, 0.3) is 0 Å². The molecule has 2 rings (SSSR count). The summed E-state index contributed by atoms with van der Waals surface area (Å²) in [5.41, 5.74) is 1.20. The van der Waals surface area contributed by atoms with E-state index in [1.807, 2.05) is 12.1 Å². The molecule has 1 aliphatic carbocycles. The monoisotopic (exact) mass is 219 g/mol. The maximum atomic E-state index is 10.4. The summed E-state index contributed by atoms with van der Waals surface area (Å²) >= 11 is 0. The van der Waals surface area contributed by atoms with Crippen LogP contribution in [0.5, 0.6) is 0 Å². The molecule has 2 nitrogen and oxygen atoms in total. The molecule has 1 saturated carbocycles. The van der Waals surface area contributed by atoms with Gasteiger partial charge in [-0.05, 0) is 36.5 Å². The van der Waals surface area contributed by atoms with Crippen LogP contribution in [0.15, 0.2) is 24.5 Å². The Morgan fingerprint density at radius 1 is 1.19 bits per heavy atom. The van der Waals surface area contributed by atoms with Crippen molar-refractivity contribution < 1.29 is 5.11 Å². The zero-order chi connectivity index (χ0) is 11.4. The maximum absolute atomic E-state index is 10.4. The molecule has 1 N–H and O–H groups in total. The molecule has 16 heavy (non-hydrogen) atoms. The number of hydrogen-bond donors (Lipinski definition) is 1. The average molecular weight is 219 g/mol. The number of aliphatic hydroxyl groups excluding tert-OH is 1. The number of rotatable bonds is 3. The van der Waals surface area contributed by atoms with Gasteiger partial charge in [0.2, 0.25) is 0 Å². The van der Waals surface area contributed by atoms with Gasteiger partial charge in [0.15, 0.2) is 0 Å². The SMILES string of the molecule is CC(c1ccncc1)C(O)C1CCCCC1. The molecule has 2 heteroatoms. The minimum Gasteiger partial charge on any atom is -0.392 e. The van der Waals surface area contributed by atoms with Crippen molar-refractivity contribution in [1.82, 2.24) is 4.98 Å². The molecule has 1 aromatic heterocycles. The largest absolute Gasteiger partial charge is 0.392 e. The van der Waals surface area contributed by atoms with Gasteiger partial charge >= 0.3 is 0 Å². The van der Waals surface area contributed by atoms with Gasteiger partial charge in [0.1, 0.15) is 0 Å². The van der Waals surface area contributed by atoms with Crippen molar-refractivity contribution in [3.8, 4) is 0 Å². The summed E-state index contributed by atoms with van der Waals surface area (Å²) in [7, 11) is 0. The maximum Gasteiger partial charge on any atom is 0.0634 e. The molecule has 0 saturated heterocycles. The standard InChI is InChI=1S/C14H21NO/c1-11(12-7-9-15-10-8-12)14(16)13-5-3-2-4-6-13/h7-11,13-14,16H,2-6H2,1H3. The first-order valence-corrected chi connectivity index (χ1v) is 6.37. The first-order chi connectivity index (χ1) is 7.79. The fourth-order valence-corrected chi connectivity index (χ4v) is 2.75. The van der Waals surface area contributed by atoms with E-state index in [0.717, 1.165) is 0 Å². The quantitative estimate of drug-likeness (QED) is 0.847. The van der Waals surface area contributed by atoms with E-state index in [1.54, 1.807) is 12.4 Å². The van der Waals surface area contributed by atoms with Crippen LogP contribution < -0.4 is 0 Å². The number of hydrogen-bond acceptors (Lipinski definition) is 2. The Morgan fingerprint density at radius 3 is 2.44 bits per heavy atom. The van der Waals surface area contributed by atoms with Gasteiger partial charge in [-0.1, -0.05) is 26.2 Å². The van der Waals surface area contributed by atoms with Gasteiger partial charge in [-0.2, -0.15) is 0 Å². The Morgan fingerprint density at radius 2 is 1.81 bits per heavy atom. The molecular weight excluding hydrogens is 198 g/mol. The van der Waals surface area contributed by atoms with Crippen LogP contribution in [0.4, 0.5) is 0 Å². The molecular formula is C14H21NO. The molecule has 0 amide bonds. The second-order valence-electron chi connectivity index (χ2n) is 4.96. The third-order valence-electron chi connectivity index (χ3n) is 3.88. The highest BCUT2D eigenvalue weighted by atomic mass is 16.3. The lowest BCUT2D eigenvalue weighted by Crippen LogP contribution is -2.28. The second kappa shape index (κ2) is 5.44. The Labute approximate surface area is 97.7 Å². The van der Waals surface area contributed by atoms with E-state index in [2.05, 4.69) is 11.9 Å². The number of aromatic nitrogens is 1. The van der Waals surface area contributed by atoms with Crippen LogP contribution in [0.2, 0.25) is 0 Å². The number of aliphatic hydroxyl groups is 1. The summed E-state index contributed by atoms with van der Waals surface area (Å²) in [5.74, 6) is 0.725. The van der Waals surface area contributed by atoms with Crippen LogP contribution in [-0.2, 0) is 0 Å². The number of pyridine rings is 1. The fourth-order valence-electron chi connectivity index (χ4n) is 2.75. The molecule has 1 aromatic rings. The summed E-state index contributed by atoms with van der Waals surface area (Å²) in [4.78, 5) is 4.02. The second-order valence-corrected chi connectivity index (χ2v) is 4.96. The van der Waals surface area contributed by atoms with Crippen molar-refractivity contribution in [3.63, 3.8) is 0 Å². The minimum atomic E-state index is -0.192. The van der Waals surface area contributed by atoms with Crippen LogP contribution >= 0.6 is 0 Å². The molecule has 1 aliphatic rings. The zero-order valence-electron chi connectivity index (χ0n) is 9.97. The van der Waals surface area contributed by atoms with Crippen molar-refractivity contribution in [2.75, 3.05) is 0 Å². The summed E-state index contributed by atoms with van der Waals surface area (Å²) < 4.78 is 0. The fraction of sp³-hybridized carbons (Fsp3) is 0.643. The third-order valence-corrected chi connectivity index (χ3v) is 3.88. The van der Waals surface area contributed by atoms with E-state index >= 15 is 0 Å². The van der Waals surface area contributed by atoms with Crippen LogP contribution in [-0.4, -0.2) is 16.2 Å². The van der Waals surface area contributed by atoms with E-state index < -0.39 is 0 Å². The molecule has 0 aromatic carbocycles. The van der Waals surface area contributed by atoms with Gasteiger partial charge < -0.3 is 5.11 Å². The smallest absolute Gasteiger partial charge is 0.0634 e. The van der Waals surface area contributed by atoms with Gasteiger partial charge in [0, 0.05) is 18.3 Å². The molecule has 88 valence electrons. The molecule has 0 spiro atoms. The molecule has 2 unspecified atom stereocenters. The van der Waals surface area contributed by atoms with Crippen LogP contribution in [0.1, 0.15) is 50.5 Å². The van der Waals surface area contributed by atoms with Gasteiger partial charge in [0.05, 0.1) is 6.10 Å². The van der Waals surface area contributed by atoms with Gasteiger partial charge in [0.25, 0.3) is 0 Å². The van der Waals surface area contributed by atoms with Gasteiger partial charge in [-0.15, -0.1) is 0 Å². The van der Waals surface area contributed by atoms with Gasteiger partial charge in [-0.25, -0.2) is 0 Å². The molecule has 1 heterocycles. The highest BCUT2D eigenvalue weighted by Crippen LogP contribution is 2.32. The van der Waals surface area contributed by atoms with Crippen molar-refractivity contribution in [1.29, 1.82) is 0 Å². The van der Waals surface area contributed by atoms with E-state index in [4.69, 9.17) is 0 Å². The Hall–Kier alpha value is -0.890. The van der Waals surface area contributed by atoms with Gasteiger partial charge in [-0.3, -0.25) is 4.98 Å². The van der Waals surface area contributed by atoms with E-state index in [0.29, 0.717) is 5.92 Å². The zero-order valence-corrected chi connectivity index (χ0v) is 9.97. The lowest BCUT2D eigenvalue weighted by Gasteiger charge is -2.30. The first kappa shape index (κ1) is 11.6. The molecule has 0 bridgehead atoms. The summed E-state index contributed by atoms with van der Waals surface area (Å²) in [6.45, 7) is 2.12. The molecule has 0 radical (unpaired) electrons. The van der Waals surface area contributed by atoms with Crippen molar-refractivity contribution in [2.24, 2.45) is 5.92 Å². The van der Waals surface area contributed by atoms with Crippen molar-refractivity contribution >= 4 is 0 Å². The van der Waals surface area contributed by atoms with E-state index in [-0.39, 0.29) is 12.0 Å². The van der Waals surface area contributed by atoms with Crippen LogP contribution in [0.3, 0.4) is 0 Å². The number of nitrogens with zero attached hydrogens (tertiary/aromatic N) is 1. The highest BCUT2D eigenvalue weighted by Gasteiger charge is 2.26. The summed E-state index contributed by atoms with van der Waals surface area (Å²) in [6, 6.07) is 4.02. The third kappa shape index (κ3) is 2.62. The predicted molar refractivity (Wildman–Crippen MR) is 65.2 cm³/mol. The summed E-state index contributed by atoms with van der Waals surface area (Å²) in [5, 5.41) is 10.4. The molecule has 1 fully saturated rings. The van der Waals surface area contributed by atoms with Crippen LogP contribution in [0, 0.1) is 5.92 Å². The lowest BCUT2D eigenvalue weighted by atomic mass is 9.79. The first-order valence-electron chi connectivity index (χ1n) is 6.37. The normalized spacial score (nSPS) is 21.6. The minimum absolute atomic E-state index is 0.192. The summed E-state index contributed by atoms with van der Waals surface area (Å²) in [6.07, 6.45) is 9.71. The molecule has 0 aliphatic heterocycles. The topological polar surface area (TPSA) is 33.1 Å². The predicted octanol–water partition coefficient (Wildman–Crippen LogP) is 3.13. The van der Waals surface area contributed by atoms with Crippen molar-refractivity contribution in [2.45, 2.75) is 51.0 Å². The van der Waals surface area contributed by atoms with E-state index in [9.17, 15) is 5.11 Å². The molecule has 2 atom stereocenters.